The van der Waals surface area contributed by atoms with Crippen molar-refractivity contribution in [3.05, 3.63) is 21.9 Å². The van der Waals surface area contributed by atoms with Gasteiger partial charge in [-0.15, -0.1) is 11.3 Å². The zero-order valence-electron chi connectivity index (χ0n) is 18.8. The van der Waals surface area contributed by atoms with Crippen LogP contribution in [0.2, 0.25) is 0 Å². The second-order valence-corrected chi connectivity index (χ2v) is 11.0. The highest BCUT2D eigenvalue weighted by atomic mass is 32.1. The van der Waals surface area contributed by atoms with Gasteiger partial charge in [0.25, 0.3) is 0 Å². The Morgan fingerprint density at radius 2 is 1.78 bits per heavy atom. The molecule has 0 spiro atoms. The number of rotatable bonds is 6. The number of aromatic carboxylic acids is 1. The Balaban J connectivity index is 1.69. The number of Topliss-reactive ketones (excluding diaryl/α,β-unsaturated/α-hetero) is 1. The average molecular weight is 462 g/mol. The minimum atomic E-state index is -0.978. The Morgan fingerprint density at radius 3 is 2.38 bits per heavy atom. The van der Waals surface area contributed by atoms with Crippen LogP contribution in [-0.2, 0) is 4.79 Å². The van der Waals surface area contributed by atoms with Gasteiger partial charge in [0.15, 0.2) is 0 Å². The quantitative estimate of drug-likeness (QED) is 0.525. The molecule has 4 rings (SSSR count). The summed E-state index contributed by atoms with van der Waals surface area (Å²) in [6.45, 7) is 2.25. The maximum atomic E-state index is 12.2. The van der Waals surface area contributed by atoms with Crippen LogP contribution in [0.5, 0.6) is 0 Å². The summed E-state index contributed by atoms with van der Waals surface area (Å²) >= 11 is 1.25. The van der Waals surface area contributed by atoms with E-state index in [1.54, 1.807) is 0 Å². The van der Waals surface area contributed by atoms with E-state index < -0.39 is 12.2 Å². The number of carbonyl (C=O) groups excluding carboxylic acids is 1. The molecule has 0 amide bonds. The van der Waals surface area contributed by atoms with Crippen molar-refractivity contribution in [2.45, 2.75) is 95.9 Å². The van der Waals surface area contributed by atoms with E-state index in [9.17, 15) is 24.9 Å². The standard InChI is InChI=1S/C25H35NO5S/c1-15-2-4-17(5-3-15)24(29)26(18-8-12-20(28)13-9-18)21-14-22(32-23(21)25(30)31)16-6-10-19(27)11-7-16/h6,14-15,17-18,20,24,28-29H,2-5,7-13H2,1H3,(H,30,31). The van der Waals surface area contributed by atoms with Crippen molar-refractivity contribution in [1.29, 1.82) is 0 Å². The molecule has 3 N–H and O–H groups in total. The van der Waals surface area contributed by atoms with E-state index in [4.69, 9.17) is 0 Å². The molecule has 1 aromatic heterocycles. The maximum Gasteiger partial charge on any atom is 0.348 e. The zero-order valence-corrected chi connectivity index (χ0v) is 19.6. The van der Waals surface area contributed by atoms with Crippen molar-refractivity contribution in [3.8, 4) is 0 Å². The van der Waals surface area contributed by atoms with Gasteiger partial charge in [-0.1, -0.05) is 25.8 Å². The summed E-state index contributed by atoms with van der Waals surface area (Å²) in [6.07, 6.45) is 9.28. The van der Waals surface area contributed by atoms with E-state index in [0.29, 0.717) is 43.7 Å². The Hall–Kier alpha value is -1.70. The molecular formula is C25H35NO5S. The minimum absolute atomic E-state index is 0.00946. The molecule has 2 fully saturated rings. The Labute approximate surface area is 193 Å². The summed E-state index contributed by atoms with van der Waals surface area (Å²) in [4.78, 5) is 27.0. The smallest absolute Gasteiger partial charge is 0.348 e. The third kappa shape index (κ3) is 5.10. The molecule has 32 heavy (non-hydrogen) atoms. The molecule has 6 nitrogen and oxygen atoms in total. The third-order valence-electron chi connectivity index (χ3n) is 7.58. The van der Waals surface area contributed by atoms with Crippen LogP contribution in [0.15, 0.2) is 12.1 Å². The van der Waals surface area contributed by atoms with Crippen LogP contribution in [0.3, 0.4) is 0 Å². The van der Waals surface area contributed by atoms with Gasteiger partial charge in [-0.3, -0.25) is 4.79 Å². The first-order valence-corrected chi connectivity index (χ1v) is 12.9. The van der Waals surface area contributed by atoms with Crippen molar-refractivity contribution >= 4 is 34.3 Å². The van der Waals surface area contributed by atoms with Crippen LogP contribution in [-0.4, -0.2) is 45.4 Å². The number of aliphatic hydroxyl groups excluding tert-OH is 2. The first-order valence-electron chi connectivity index (χ1n) is 12.1. The number of hydrogen-bond donors (Lipinski definition) is 3. The fourth-order valence-corrected chi connectivity index (χ4v) is 6.59. The lowest BCUT2D eigenvalue weighted by atomic mass is 9.81. The van der Waals surface area contributed by atoms with Gasteiger partial charge < -0.3 is 20.2 Å². The van der Waals surface area contributed by atoms with E-state index >= 15 is 0 Å². The number of ketones is 1. The molecule has 1 atom stereocenters. The molecule has 0 aromatic carbocycles. The molecule has 176 valence electrons. The van der Waals surface area contributed by atoms with Gasteiger partial charge in [-0.05, 0) is 62.5 Å². The van der Waals surface area contributed by atoms with Crippen LogP contribution in [0.1, 0.15) is 92.1 Å². The summed E-state index contributed by atoms with van der Waals surface area (Å²) in [7, 11) is 0. The lowest BCUT2D eigenvalue weighted by molar-refractivity contribution is -0.118. The number of carboxylic acid groups (broad SMARTS) is 1. The monoisotopic (exact) mass is 461 g/mol. The fourth-order valence-electron chi connectivity index (χ4n) is 5.53. The molecule has 7 heteroatoms. The van der Waals surface area contributed by atoms with Crippen molar-refractivity contribution < 1.29 is 24.9 Å². The van der Waals surface area contributed by atoms with Gasteiger partial charge in [-0.25, -0.2) is 4.79 Å². The Bertz CT molecular complexity index is 862. The number of allylic oxidation sites excluding steroid dienone is 2. The molecule has 3 aliphatic carbocycles. The van der Waals surface area contributed by atoms with Crippen LogP contribution in [0.25, 0.3) is 5.57 Å². The van der Waals surface area contributed by atoms with Crippen LogP contribution < -0.4 is 4.90 Å². The summed E-state index contributed by atoms with van der Waals surface area (Å²) in [5.74, 6) is 0.0249. The van der Waals surface area contributed by atoms with Crippen LogP contribution in [0.4, 0.5) is 5.69 Å². The molecule has 1 heterocycles. The van der Waals surface area contributed by atoms with E-state index in [-0.39, 0.29) is 28.7 Å². The highest BCUT2D eigenvalue weighted by Crippen LogP contribution is 2.43. The number of thiophene rings is 1. The maximum absolute atomic E-state index is 12.2. The SMILES string of the molecule is CC1CCC(C(O)N(c2cc(C3=CCC(=O)CC3)sc2C(=O)O)C2CCC(O)CC2)CC1. The summed E-state index contributed by atoms with van der Waals surface area (Å²) in [5.41, 5.74) is 1.63. The fraction of sp³-hybridized carbons (Fsp3) is 0.680. The lowest BCUT2D eigenvalue weighted by Gasteiger charge is -2.44. The molecular weight excluding hydrogens is 426 g/mol. The predicted molar refractivity (Wildman–Crippen MR) is 126 cm³/mol. The number of carboxylic acids is 1. The van der Waals surface area contributed by atoms with E-state index in [2.05, 4.69) is 6.92 Å². The lowest BCUT2D eigenvalue weighted by Crippen LogP contribution is -2.50. The zero-order chi connectivity index (χ0) is 22.8. The second-order valence-electron chi connectivity index (χ2n) is 9.91. The normalized spacial score (nSPS) is 30.0. The molecule has 0 radical (unpaired) electrons. The van der Waals surface area contributed by atoms with Crippen LogP contribution >= 0.6 is 11.3 Å². The average Bonchev–Trinajstić information content (AvgIpc) is 3.21. The summed E-state index contributed by atoms with van der Waals surface area (Å²) in [6, 6.07) is 1.94. The molecule has 0 saturated heterocycles. The summed E-state index contributed by atoms with van der Waals surface area (Å²) < 4.78 is 0. The van der Waals surface area contributed by atoms with Gasteiger partial charge in [0.1, 0.15) is 16.9 Å². The van der Waals surface area contributed by atoms with E-state index in [1.165, 1.54) is 11.3 Å². The van der Waals surface area contributed by atoms with Crippen molar-refractivity contribution in [1.82, 2.24) is 0 Å². The molecule has 1 aromatic rings. The van der Waals surface area contributed by atoms with Gasteiger partial charge >= 0.3 is 5.97 Å². The molecule has 3 aliphatic rings. The largest absolute Gasteiger partial charge is 0.477 e. The molecule has 0 aliphatic heterocycles. The van der Waals surface area contributed by atoms with E-state index in [1.807, 2.05) is 17.0 Å². The number of carbonyl (C=O) groups is 2. The second kappa shape index (κ2) is 10.1. The molecule has 2 saturated carbocycles. The number of aliphatic hydroxyl groups is 2. The first-order chi connectivity index (χ1) is 15.3. The predicted octanol–water partition coefficient (Wildman–Crippen LogP) is 4.84. The first kappa shape index (κ1) is 23.5. The van der Waals surface area contributed by atoms with Gasteiger partial charge in [-0.2, -0.15) is 0 Å². The number of nitrogens with zero attached hydrogens (tertiary/aromatic N) is 1. The van der Waals surface area contributed by atoms with Crippen LogP contribution in [0, 0.1) is 11.8 Å². The summed E-state index contributed by atoms with van der Waals surface area (Å²) in [5, 5.41) is 31.6. The Kier molecular flexibility index (Phi) is 7.37. The van der Waals surface area contributed by atoms with Gasteiger partial charge in [0, 0.05) is 29.7 Å². The topological polar surface area (TPSA) is 98.1 Å². The van der Waals surface area contributed by atoms with Crippen molar-refractivity contribution in [2.24, 2.45) is 11.8 Å². The van der Waals surface area contributed by atoms with Gasteiger partial charge in [0.2, 0.25) is 0 Å². The number of hydrogen-bond acceptors (Lipinski definition) is 6. The Morgan fingerprint density at radius 1 is 1.09 bits per heavy atom. The highest BCUT2D eigenvalue weighted by Gasteiger charge is 2.37. The third-order valence-corrected chi connectivity index (χ3v) is 8.77. The van der Waals surface area contributed by atoms with Crippen molar-refractivity contribution in [2.75, 3.05) is 4.90 Å². The molecule has 0 bridgehead atoms. The molecule has 1 unspecified atom stereocenters. The van der Waals surface area contributed by atoms with Gasteiger partial charge in [0.05, 0.1) is 11.8 Å². The van der Waals surface area contributed by atoms with Crippen molar-refractivity contribution in [3.63, 3.8) is 0 Å². The highest BCUT2D eigenvalue weighted by molar-refractivity contribution is 7.15. The van der Waals surface area contributed by atoms with E-state index in [0.717, 1.165) is 49.0 Å². The number of anilines is 1. The minimum Gasteiger partial charge on any atom is -0.477 e.